The zero-order valence-electron chi connectivity index (χ0n) is 14.1. The van der Waals surface area contributed by atoms with Gasteiger partial charge in [0.2, 0.25) is 0 Å². The summed E-state index contributed by atoms with van der Waals surface area (Å²) >= 11 is 7.66. The maximum absolute atomic E-state index is 12.1. The van der Waals surface area contributed by atoms with Crippen molar-refractivity contribution in [3.05, 3.63) is 70.7 Å². The number of benzene rings is 2. The molecule has 7 heteroatoms. The summed E-state index contributed by atoms with van der Waals surface area (Å²) in [5.41, 5.74) is 2.34. The Kier molecular flexibility index (Phi) is 4.99. The molecule has 1 fully saturated rings. The SMILES string of the molecule is O=S1(=O)CC2N=C(SCc3ccccc3)N(Cc3ccc(Cl)cc3)C2C1. The van der Waals surface area contributed by atoms with Crippen LogP contribution in [0.4, 0.5) is 0 Å². The number of aliphatic imine (C=N–C) groups is 1. The minimum atomic E-state index is -3.01. The van der Waals surface area contributed by atoms with Gasteiger partial charge >= 0.3 is 0 Å². The fourth-order valence-electron chi connectivity index (χ4n) is 3.40. The Morgan fingerprint density at radius 2 is 1.77 bits per heavy atom. The van der Waals surface area contributed by atoms with Crippen molar-refractivity contribution < 1.29 is 8.42 Å². The topological polar surface area (TPSA) is 49.7 Å². The summed E-state index contributed by atoms with van der Waals surface area (Å²) in [6, 6.07) is 17.7. The maximum atomic E-state index is 12.1. The third kappa shape index (κ3) is 3.92. The van der Waals surface area contributed by atoms with Crippen molar-refractivity contribution in [3.63, 3.8) is 0 Å². The molecule has 0 bridgehead atoms. The molecule has 2 aliphatic rings. The molecule has 2 atom stereocenters. The molecule has 0 saturated carbocycles. The lowest BCUT2D eigenvalue weighted by Crippen LogP contribution is -2.38. The highest BCUT2D eigenvalue weighted by molar-refractivity contribution is 8.13. The van der Waals surface area contributed by atoms with E-state index in [0.717, 1.165) is 16.5 Å². The van der Waals surface area contributed by atoms with Crippen LogP contribution in [0.3, 0.4) is 0 Å². The number of hydrogen-bond acceptors (Lipinski definition) is 5. The summed E-state index contributed by atoms with van der Waals surface area (Å²) in [7, 11) is -3.01. The fourth-order valence-corrected chi connectivity index (χ4v) is 6.47. The summed E-state index contributed by atoms with van der Waals surface area (Å²) < 4.78 is 24.1. The Bertz CT molecular complexity index is 914. The first-order chi connectivity index (χ1) is 12.5. The van der Waals surface area contributed by atoms with Gasteiger partial charge in [-0.2, -0.15) is 0 Å². The molecule has 2 aromatic carbocycles. The van der Waals surface area contributed by atoms with E-state index >= 15 is 0 Å². The third-order valence-corrected chi connectivity index (χ3v) is 7.72. The number of sulfone groups is 1. The van der Waals surface area contributed by atoms with E-state index in [1.165, 1.54) is 5.56 Å². The Labute approximate surface area is 163 Å². The van der Waals surface area contributed by atoms with E-state index < -0.39 is 9.84 Å². The first-order valence-electron chi connectivity index (χ1n) is 8.46. The molecule has 0 N–H and O–H groups in total. The molecule has 0 aromatic heterocycles. The second-order valence-electron chi connectivity index (χ2n) is 6.65. The Balaban J connectivity index is 1.54. The van der Waals surface area contributed by atoms with E-state index in [4.69, 9.17) is 16.6 Å². The lowest BCUT2D eigenvalue weighted by Gasteiger charge is -2.26. The van der Waals surface area contributed by atoms with E-state index in [-0.39, 0.29) is 23.6 Å². The zero-order chi connectivity index (χ0) is 18.1. The predicted octanol–water partition coefficient (Wildman–Crippen LogP) is 3.61. The first kappa shape index (κ1) is 17.9. The van der Waals surface area contributed by atoms with Crippen molar-refractivity contribution >= 4 is 38.4 Å². The molecule has 136 valence electrons. The highest BCUT2D eigenvalue weighted by Crippen LogP contribution is 2.33. The maximum Gasteiger partial charge on any atom is 0.160 e. The molecule has 2 heterocycles. The molecule has 4 rings (SSSR count). The van der Waals surface area contributed by atoms with Crippen molar-refractivity contribution in [2.45, 2.75) is 24.4 Å². The Morgan fingerprint density at radius 1 is 1.04 bits per heavy atom. The lowest BCUT2D eigenvalue weighted by molar-refractivity contribution is 0.343. The summed E-state index contributed by atoms with van der Waals surface area (Å²) in [6.45, 7) is 0.647. The van der Waals surface area contributed by atoms with Crippen LogP contribution in [-0.4, -0.2) is 42.1 Å². The van der Waals surface area contributed by atoms with E-state index in [0.29, 0.717) is 11.6 Å². The fraction of sp³-hybridized carbons (Fsp3) is 0.316. The van der Waals surface area contributed by atoms with Crippen molar-refractivity contribution in [2.24, 2.45) is 4.99 Å². The van der Waals surface area contributed by atoms with E-state index in [1.807, 2.05) is 42.5 Å². The Morgan fingerprint density at radius 3 is 2.50 bits per heavy atom. The van der Waals surface area contributed by atoms with Crippen LogP contribution in [0.1, 0.15) is 11.1 Å². The molecule has 2 unspecified atom stereocenters. The van der Waals surface area contributed by atoms with Crippen LogP contribution in [0.25, 0.3) is 0 Å². The number of thioether (sulfide) groups is 1. The van der Waals surface area contributed by atoms with Crippen LogP contribution in [0.2, 0.25) is 5.02 Å². The van der Waals surface area contributed by atoms with E-state index in [2.05, 4.69) is 17.0 Å². The van der Waals surface area contributed by atoms with Gasteiger partial charge in [0, 0.05) is 17.3 Å². The normalized spacial score (nSPS) is 23.7. The van der Waals surface area contributed by atoms with Crippen molar-refractivity contribution in [1.82, 2.24) is 4.90 Å². The number of rotatable bonds is 4. The molecular formula is C19H19ClN2O2S2. The Hall–Kier alpha value is -1.50. The van der Waals surface area contributed by atoms with Crippen LogP contribution in [0.5, 0.6) is 0 Å². The number of halogens is 1. The predicted molar refractivity (Wildman–Crippen MR) is 108 cm³/mol. The summed E-state index contributed by atoms with van der Waals surface area (Å²) in [6.07, 6.45) is 0. The lowest BCUT2D eigenvalue weighted by atomic mass is 10.1. The van der Waals surface area contributed by atoms with Crippen LogP contribution in [0, 0.1) is 0 Å². The van der Waals surface area contributed by atoms with Crippen LogP contribution in [0.15, 0.2) is 59.6 Å². The van der Waals surface area contributed by atoms with Gasteiger partial charge in [-0.15, -0.1) is 0 Å². The standard InChI is InChI=1S/C19H19ClN2O2S2/c20-16-8-6-14(7-9-16)10-22-18-13-26(23,24)12-17(18)21-19(22)25-11-15-4-2-1-3-5-15/h1-9,17-18H,10-13H2. The van der Waals surface area contributed by atoms with Gasteiger partial charge in [0.05, 0.1) is 23.6 Å². The molecule has 4 nitrogen and oxygen atoms in total. The monoisotopic (exact) mass is 406 g/mol. The molecule has 2 aliphatic heterocycles. The molecule has 1 saturated heterocycles. The first-order valence-corrected chi connectivity index (χ1v) is 11.6. The van der Waals surface area contributed by atoms with Gasteiger partial charge in [-0.25, -0.2) is 8.42 Å². The van der Waals surface area contributed by atoms with Gasteiger partial charge in [0.1, 0.15) is 0 Å². The van der Waals surface area contributed by atoms with Gasteiger partial charge in [-0.05, 0) is 23.3 Å². The number of fused-ring (bicyclic) bond motifs is 1. The second-order valence-corrected chi connectivity index (χ2v) is 10.2. The average molecular weight is 407 g/mol. The minimum Gasteiger partial charge on any atom is -0.341 e. The highest BCUT2D eigenvalue weighted by atomic mass is 35.5. The number of nitrogens with zero attached hydrogens (tertiary/aromatic N) is 2. The van der Waals surface area contributed by atoms with E-state index in [1.54, 1.807) is 11.8 Å². The molecule has 0 radical (unpaired) electrons. The van der Waals surface area contributed by atoms with Gasteiger partial charge in [-0.1, -0.05) is 65.8 Å². The molecule has 0 aliphatic carbocycles. The van der Waals surface area contributed by atoms with Crippen LogP contribution >= 0.6 is 23.4 Å². The molecular weight excluding hydrogens is 388 g/mol. The summed E-state index contributed by atoms with van der Waals surface area (Å²) in [5, 5.41) is 1.64. The average Bonchev–Trinajstić information content (AvgIpc) is 3.08. The van der Waals surface area contributed by atoms with Crippen LogP contribution in [-0.2, 0) is 22.1 Å². The van der Waals surface area contributed by atoms with Crippen molar-refractivity contribution in [3.8, 4) is 0 Å². The quantitative estimate of drug-likeness (QED) is 0.778. The smallest absolute Gasteiger partial charge is 0.160 e. The van der Waals surface area contributed by atoms with Crippen molar-refractivity contribution in [1.29, 1.82) is 0 Å². The third-order valence-electron chi connectivity index (χ3n) is 4.69. The molecule has 26 heavy (non-hydrogen) atoms. The molecule has 0 amide bonds. The van der Waals surface area contributed by atoms with Gasteiger partial charge in [-0.3, -0.25) is 4.99 Å². The summed E-state index contributed by atoms with van der Waals surface area (Å²) in [4.78, 5) is 6.91. The second kappa shape index (κ2) is 7.25. The summed E-state index contributed by atoms with van der Waals surface area (Å²) in [5.74, 6) is 1.16. The highest BCUT2D eigenvalue weighted by Gasteiger charge is 2.46. The van der Waals surface area contributed by atoms with Gasteiger partial charge < -0.3 is 4.90 Å². The largest absolute Gasteiger partial charge is 0.341 e. The number of hydrogen-bond donors (Lipinski definition) is 0. The molecule has 2 aromatic rings. The van der Waals surface area contributed by atoms with Gasteiger partial charge in [0.15, 0.2) is 15.0 Å². The van der Waals surface area contributed by atoms with Crippen molar-refractivity contribution in [2.75, 3.05) is 11.5 Å². The van der Waals surface area contributed by atoms with E-state index in [9.17, 15) is 8.42 Å². The number of amidine groups is 1. The van der Waals surface area contributed by atoms with Gasteiger partial charge in [0.25, 0.3) is 0 Å². The minimum absolute atomic E-state index is 0.0612. The molecule has 0 spiro atoms. The van der Waals surface area contributed by atoms with Crippen LogP contribution < -0.4 is 0 Å². The zero-order valence-corrected chi connectivity index (χ0v) is 16.5.